The average Bonchev–Trinajstić information content (AvgIpc) is 2.96. The maximum absolute atomic E-state index is 13.9. The summed E-state index contributed by atoms with van der Waals surface area (Å²) in [5.74, 6) is -0.826. The van der Waals surface area contributed by atoms with E-state index in [1.165, 1.54) is 37.3 Å². The number of nitro benzene ring substituents is 1. The van der Waals surface area contributed by atoms with E-state index in [4.69, 9.17) is 0 Å². The Morgan fingerprint density at radius 2 is 1.93 bits per heavy atom. The van der Waals surface area contributed by atoms with Crippen LogP contribution in [0.1, 0.15) is 28.7 Å². The zero-order chi connectivity index (χ0) is 19.8. The van der Waals surface area contributed by atoms with Crippen LogP contribution >= 0.6 is 0 Å². The van der Waals surface area contributed by atoms with Gasteiger partial charge in [-0.1, -0.05) is 36.4 Å². The number of fused-ring (bicyclic) bond motifs is 1. The molecule has 1 N–H and O–H groups in total. The molecule has 1 aliphatic carbocycles. The highest BCUT2D eigenvalue weighted by molar-refractivity contribution is 5.80. The second-order valence-electron chi connectivity index (χ2n) is 6.60. The van der Waals surface area contributed by atoms with E-state index in [2.05, 4.69) is 5.32 Å². The SMILES string of the molecule is Cc1c(CC(=O)N[C@]2(C(F)(F)F)CCc3ccccc32)cccc1[N+](=O)[O-]. The fraction of sp³-hybridized carbons (Fsp3) is 0.316. The largest absolute Gasteiger partial charge is 0.415 e. The number of rotatable bonds is 4. The molecule has 2 aromatic rings. The highest BCUT2D eigenvalue weighted by Crippen LogP contribution is 2.48. The van der Waals surface area contributed by atoms with E-state index in [9.17, 15) is 28.1 Å². The maximum Gasteiger partial charge on any atom is 0.415 e. The van der Waals surface area contributed by atoms with Crippen LogP contribution in [0.15, 0.2) is 42.5 Å². The summed E-state index contributed by atoms with van der Waals surface area (Å²) in [7, 11) is 0. The van der Waals surface area contributed by atoms with E-state index in [-0.39, 0.29) is 36.1 Å². The van der Waals surface area contributed by atoms with Crippen molar-refractivity contribution in [2.24, 2.45) is 0 Å². The molecule has 1 amide bonds. The summed E-state index contributed by atoms with van der Waals surface area (Å²) >= 11 is 0. The van der Waals surface area contributed by atoms with Crippen molar-refractivity contribution < 1.29 is 22.9 Å². The topological polar surface area (TPSA) is 72.2 Å². The Morgan fingerprint density at radius 1 is 1.22 bits per heavy atom. The molecule has 0 fully saturated rings. The normalized spacial score (nSPS) is 18.8. The van der Waals surface area contributed by atoms with Gasteiger partial charge in [-0.3, -0.25) is 14.9 Å². The number of aryl methyl sites for hydroxylation is 1. The third-order valence-electron chi connectivity index (χ3n) is 5.05. The number of alkyl halides is 3. The number of amides is 1. The number of nitro groups is 1. The fourth-order valence-electron chi connectivity index (χ4n) is 3.62. The molecule has 0 heterocycles. The van der Waals surface area contributed by atoms with Crippen LogP contribution in [-0.2, 0) is 23.2 Å². The lowest BCUT2D eigenvalue weighted by molar-refractivity contribution is -0.385. The lowest BCUT2D eigenvalue weighted by atomic mass is 9.90. The number of nitrogens with zero attached hydrogens (tertiary/aromatic N) is 1. The Hall–Kier alpha value is -2.90. The quantitative estimate of drug-likeness (QED) is 0.646. The fourth-order valence-corrected chi connectivity index (χ4v) is 3.62. The number of carbonyl (C=O) groups is 1. The number of hydrogen-bond acceptors (Lipinski definition) is 3. The summed E-state index contributed by atoms with van der Waals surface area (Å²) in [5.41, 5.74) is -1.40. The lowest BCUT2D eigenvalue weighted by Crippen LogP contribution is -2.55. The van der Waals surface area contributed by atoms with Crippen molar-refractivity contribution in [3.8, 4) is 0 Å². The molecule has 0 unspecified atom stereocenters. The summed E-state index contributed by atoms with van der Waals surface area (Å²) in [5, 5.41) is 13.2. The van der Waals surface area contributed by atoms with Crippen molar-refractivity contribution in [2.75, 3.05) is 0 Å². The van der Waals surface area contributed by atoms with Gasteiger partial charge in [0.2, 0.25) is 5.91 Å². The van der Waals surface area contributed by atoms with Crippen molar-refractivity contribution in [2.45, 2.75) is 37.9 Å². The first kappa shape index (κ1) is 18.9. The molecular weight excluding hydrogens is 361 g/mol. The van der Waals surface area contributed by atoms with Gasteiger partial charge in [0.25, 0.3) is 5.69 Å². The molecule has 0 saturated carbocycles. The summed E-state index contributed by atoms with van der Waals surface area (Å²) < 4.78 is 41.8. The van der Waals surface area contributed by atoms with Gasteiger partial charge in [0.1, 0.15) is 0 Å². The molecule has 0 spiro atoms. The highest BCUT2D eigenvalue weighted by atomic mass is 19.4. The van der Waals surface area contributed by atoms with Crippen LogP contribution < -0.4 is 5.32 Å². The second-order valence-corrected chi connectivity index (χ2v) is 6.60. The molecule has 8 heteroatoms. The Labute approximate surface area is 153 Å². The van der Waals surface area contributed by atoms with Crippen LogP contribution in [-0.4, -0.2) is 17.0 Å². The van der Waals surface area contributed by atoms with E-state index in [0.717, 1.165) is 0 Å². The maximum atomic E-state index is 13.9. The number of halogens is 3. The first-order valence-electron chi connectivity index (χ1n) is 8.35. The Bertz CT molecular complexity index is 911. The van der Waals surface area contributed by atoms with Crippen LogP contribution in [0.2, 0.25) is 0 Å². The van der Waals surface area contributed by atoms with E-state index in [1.807, 2.05) is 0 Å². The number of nitrogens with one attached hydrogen (secondary N) is 1. The number of benzene rings is 2. The predicted molar refractivity (Wildman–Crippen MR) is 92.2 cm³/mol. The second kappa shape index (κ2) is 6.68. The molecule has 0 radical (unpaired) electrons. The van der Waals surface area contributed by atoms with E-state index >= 15 is 0 Å². The van der Waals surface area contributed by atoms with Crippen molar-refractivity contribution in [1.82, 2.24) is 5.32 Å². The molecule has 142 valence electrons. The van der Waals surface area contributed by atoms with E-state index in [0.29, 0.717) is 11.1 Å². The standard InChI is InChI=1S/C19H17F3N2O3/c1-12-14(6-4-8-16(12)24(26)27)11-17(25)23-18(19(20,21)22)10-9-13-5-2-3-7-15(13)18/h2-8H,9-11H2,1H3,(H,23,25)/t18-/m1/s1. The molecule has 5 nitrogen and oxygen atoms in total. The van der Waals surface area contributed by atoms with Gasteiger partial charge in [-0.25, -0.2) is 0 Å². The van der Waals surface area contributed by atoms with Gasteiger partial charge in [0.15, 0.2) is 5.54 Å². The first-order chi connectivity index (χ1) is 12.7. The first-order valence-corrected chi connectivity index (χ1v) is 8.35. The minimum atomic E-state index is -4.66. The lowest BCUT2D eigenvalue weighted by Gasteiger charge is -2.34. The third kappa shape index (κ3) is 3.27. The summed E-state index contributed by atoms with van der Waals surface area (Å²) in [4.78, 5) is 22.9. The van der Waals surface area contributed by atoms with E-state index < -0.39 is 22.5 Å². The monoisotopic (exact) mass is 378 g/mol. The molecule has 2 aromatic carbocycles. The van der Waals surface area contributed by atoms with Gasteiger partial charge < -0.3 is 5.32 Å². The van der Waals surface area contributed by atoms with Gasteiger partial charge in [-0.2, -0.15) is 13.2 Å². The molecule has 1 atom stereocenters. The van der Waals surface area contributed by atoms with Crippen molar-refractivity contribution in [3.63, 3.8) is 0 Å². The third-order valence-corrected chi connectivity index (χ3v) is 5.05. The summed E-state index contributed by atoms with van der Waals surface area (Å²) in [6.07, 6.45) is -5.08. The minimum absolute atomic E-state index is 0.0571. The van der Waals surface area contributed by atoms with Crippen LogP contribution in [0.5, 0.6) is 0 Å². The Balaban J connectivity index is 1.90. The molecule has 0 bridgehead atoms. The van der Waals surface area contributed by atoms with Crippen LogP contribution in [0.25, 0.3) is 0 Å². The van der Waals surface area contributed by atoms with Gasteiger partial charge >= 0.3 is 6.18 Å². The zero-order valence-electron chi connectivity index (χ0n) is 14.5. The van der Waals surface area contributed by atoms with Crippen molar-refractivity contribution in [1.29, 1.82) is 0 Å². The van der Waals surface area contributed by atoms with Crippen LogP contribution in [0.4, 0.5) is 18.9 Å². The molecule has 27 heavy (non-hydrogen) atoms. The molecule has 0 aromatic heterocycles. The Kier molecular flexibility index (Phi) is 4.67. The van der Waals surface area contributed by atoms with Crippen molar-refractivity contribution in [3.05, 3.63) is 74.8 Å². The average molecular weight is 378 g/mol. The minimum Gasteiger partial charge on any atom is -0.338 e. The zero-order valence-corrected chi connectivity index (χ0v) is 14.5. The number of carbonyl (C=O) groups excluding carboxylic acids is 1. The van der Waals surface area contributed by atoms with E-state index in [1.54, 1.807) is 12.1 Å². The highest BCUT2D eigenvalue weighted by Gasteiger charge is 2.59. The molecule has 0 aliphatic heterocycles. The van der Waals surface area contributed by atoms with Crippen molar-refractivity contribution >= 4 is 11.6 Å². The molecular formula is C19H17F3N2O3. The summed E-state index contributed by atoms with van der Waals surface area (Å²) in [6.45, 7) is 1.48. The summed E-state index contributed by atoms with van der Waals surface area (Å²) in [6, 6.07) is 10.4. The van der Waals surface area contributed by atoms with Crippen LogP contribution in [0.3, 0.4) is 0 Å². The van der Waals surface area contributed by atoms with Crippen LogP contribution in [0, 0.1) is 17.0 Å². The van der Waals surface area contributed by atoms with Gasteiger partial charge in [0, 0.05) is 11.6 Å². The van der Waals surface area contributed by atoms with Gasteiger partial charge in [-0.15, -0.1) is 0 Å². The predicted octanol–water partition coefficient (Wildman–Crippen LogP) is 3.97. The van der Waals surface area contributed by atoms with Gasteiger partial charge in [-0.05, 0) is 36.5 Å². The Morgan fingerprint density at radius 3 is 2.59 bits per heavy atom. The number of hydrogen-bond donors (Lipinski definition) is 1. The molecule has 3 rings (SSSR count). The molecule has 1 aliphatic rings. The molecule has 0 saturated heterocycles. The smallest absolute Gasteiger partial charge is 0.338 e. The van der Waals surface area contributed by atoms with Gasteiger partial charge in [0.05, 0.1) is 11.3 Å².